The lowest BCUT2D eigenvalue weighted by Crippen LogP contribution is -2.32. The van der Waals surface area contributed by atoms with Gasteiger partial charge in [0.05, 0.1) is 5.56 Å². The molecule has 1 amide bonds. The zero-order chi connectivity index (χ0) is 24.1. The smallest absolute Gasteiger partial charge is 0.253 e. The molecule has 0 unspecified atom stereocenters. The van der Waals surface area contributed by atoms with Crippen LogP contribution in [-0.2, 0) is 11.3 Å². The largest absolute Gasteiger partial charge is 0.361 e. The normalized spacial score (nSPS) is 17.9. The summed E-state index contributed by atoms with van der Waals surface area (Å²) in [7, 11) is 0. The maximum Gasteiger partial charge on any atom is 0.253 e. The summed E-state index contributed by atoms with van der Waals surface area (Å²) in [4.78, 5) is 35.1. The molecule has 1 aliphatic heterocycles. The van der Waals surface area contributed by atoms with E-state index in [9.17, 15) is 9.59 Å². The van der Waals surface area contributed by atoms with Crippen LogP contribution in [0.1, 0.15) is 25.0 Å². The molecule has 178 valence electrons. The van der Waals surface area contributed by atoms with E-state index >= 15 is 4.39 Å². The Morgan fingerprint density at radius 2 is 1.89 bits per heavy atom. The van der Waals surface area contributed by atoms with Gasteiger partial charge in [-0.25, -0.2) is 9.37 Å². The summed E-state index contributed by atoms with van der Waals surface area (Å²) in [5.41, 5.74) is 3.38. The molecular formula is C28H27FN4O2. The summed E-state index contributed by atoms with van der Waals surface area (Å²) in [5.74, 6) is 0.501. The molecule has 0 radical (unpaired) electrons. The molecule has 4 aromatic rings. The fourth-order valence-electron chi connectivity index (χ4n) is 5.14. The molecule has 0 spiro atoms. The molecule has 6 rings (SSSR count). The van der Waals surface area contributed by atoms with E-state index in [0.29, 0.717) is 30.2 Å². The predicted molar refractivity (Wildman–Crippen MR) is 133 cm³/mol. The molecule has 1 N–H and O–H groups in total. The van der Waals surface area contributed by atoms with Gasteiger partial charge in [-0.1, -0.05) is 12.1 Å². The standard InChI is InChI=1S/C28H27FN4O2/c1-17-12-26(34)33(16-18-9-11-32(15-18)28(35)19-2-3-19)27(31-17)23-6-4-21(14-24(23)29)20-5-7-25-22(13-20)8-10-30-25/h4-8,10,12-14,18-19,30H,2-3,9,11,15-16H2,1H3/t18-/m1/s1. The van der Waals surface area contributed by atoms with E-state index in [1.54, 1.807) is 17.6 Å². The number of benzene rings is 2. The van der Waals surface area contributed by atoms with E-state index in [0.717, 1.165) is 47.8 Å². The second kappa shape index (κ2) is 8.48. The molecule has 6 nitrogen and oxygen atoms in total. The van der Waals surface area contributed by atoms with Crippen molar-refractivity contribution >= 4 is 16.8 Å². The van der Waals surface area contributed by atoms with Gasteiger partial charge in [0.2, 0.25) is 5.91 Å². The lowest BCUT2D eigenvalue weighted by Gasteiger charge is -2.19. The van der Waals surface area contributed by atoms with E-state index in [4.69, 9.17) is 0 Å². The minimum atomic E-state index is -0.417. The van der Waals surface area contributed by atoms with Crippen molar-refractivity contribution in [2.45, 2.75) is 32.7 Å². The zero-order valence-corrected chi connectivity index (χ0v) is 19.6. The van der Waals surface area contributed by atoms with Crippen molar-refractivity contribution in [3.63, 3.8) is 0 Å². The Balaban J connectivity index is 1.31. The van der Waals surface area contributed by atoms with Gasteiger partial charge in [-0.2, -0.15) is 0 Å². The van der Waals surface area contributed by atoms with Crippen molar-refractivity contribution in [1.29, 1.82) is 0 Å². The van der Waals surface area contributed by atoms with Gasteiger partial charge in [-0.05, 0) is 78.9 Å². The quantitative estimate of drug-likeness (QED) is 0.457. The van der Waals surface area contributed by atoms with E-state index in [-0.39, 0.29) is 23.3 Å². The van der Waals surface area contributed by atoms with E-state index in [1.165, 1.54) is 12.1 Å². The number of hydrogen-bond donors (Lipinski definition) is 1. The number of rotatable bonds is 5. The highest BCUT2D eigenvalue weighted by Gasteiger charge is 2.36. The van der Waals surface area contributed by atoms with Crippen LogP contribution in [0.2, 0.25) is 0 Å². The van der Waals surface area contributed by atoms with Crippen molar-refractivity contribution in [3.05, 3.63) is 76.6 Å². The minimum absolute atomic E-state index is 0.147. The maximum absolute atomic E-state index is 15.5. The van der Waals surface area contributed by atoms with Gasteiger partial charge in [0, 0.05) is 49.0 Å². The Morgan fingerprint density at radius 3 is 2.69 bits per heavy atom. The number of fused-ring (bicyclic) bond motifs is 1. The van der Waals surface area contributed by atoms with Gasteiger partial charge in [0.25, 0.3) is 5.56 Å². The van der Waals surface area contributed by atoms with E-state index in [1.807, 2.05) is 41.4 Å². The van der Waals surface area contributed by atoms with Crippen LogP contribution in [0, 0.1) is 24.6 Å². The highest BCUT2D eigenvalue weighted by atomic mass is 19.1. The number of H-pyrrole nitrogens is 1. The Hall–Kier alpha value is -3.74. The number of carbonyl (C=O) groups is 1. The average molecular weight is 471 g/mol. The van der Waals surface area contributed by atoms with Gasteiger partial charge < -0.3 is 9.88 Å². The minimum Gasteiger partial charge on any atom is -0.361 e. The van der Waals surface area contributed by atoms with Crippen molar-refractivity contribution < 1.29 is 9.18 Å². The topological polar surface area (TPSA) is 71.0 Å². The number of likely N-dealkylation sites (tertiary alicyclic amines) is 1. The van der Waals surface area contributed by atoms with Crippen LogP contribution in [0.5, 0.6) is 0 Å². The van der Waals surface area contributed by atoms with Gasteiger partial charge in [-0.3, -0.25) is 14.2 Å². The monoisotopic (exact) mass is 470 g/mol. The Morgan fingerprint density at radius 1 is 1.09 bits per heavy atom. The molecular weight excluding hydrogens is 443 g/mol. The van der Waals surface area contributed by atoms with Crippen molar-refractivity contribution in [2.75, 3.05) is 13.1 Å². The second-order valence-corrected chi connectivity index (χ2v) is 9.86. The Bertz CT molecular complexity index is 1500. The number of amides is 1. The molecule has 2 fully saturated rings. The third kappa shape index (κ3) is 4.16. The van der Waals surface area contributed by atoms with E-state index < -0.39 is 5.82 Å². The molecule has 1 atom stereocenters. The first-order valence-corrected chi connectivity index (χ1v) is 12.2. The van der Waals surface area contributed by atoms with Crippen molar-refractivity contribution in [1.82, 2.24) is 19.4 Å². The van der Waals surface area contributed by atoms with E-state index in [2.05, 4.69) is 9.97 Å². The number of halogens is 1. The number of hydrogen-bond acceptors (Lipinski definition) is 3. The highest BCUT2D eigenvalue weighted by Crippen LogP contribution is 2.34. The summed E-state index contributed by atoms with van der Waals surface area (Å²) in [6, 6.07) is 14.5. The highest BCUT2D eigenvalue weighted by molar-refractivity contribution is 5.85. The first kappa shape index (κ1) is 21.8. The number of nitrogens with zero attached hydrogens (tertiary/aromatic N) is 3. The molecule has 2 aliphatic rings. The summed E-state index contributed by atoms with van der Waals surface area (Å²) in [5, 5.41) is 1.06. The van der Waals surface area contributed by atoms with Gasteiger partial charge >= 0.3 is 0 Å². The fourth-order valence-corrected chi connectivity index (χ4v) is 5.14. The third-order valence-electron chi connectivity index (χ3n) is 7.20. The summed E-state index contributed by atoms with van der Waals surface area (Å²) >= 11 is 0. The average Bonchev–Trinajstić information content (AvgIpc) is 3.40. The number of nitrogens with one attached hydrogen (secondary N) is 1. The molecule has 2 aromatic carbocycles. The van der Waals surface area contributed by atoms with Crippen LogP contribution < -0.4 is 5.56 Å². The van der Waals surface area contributed by atoms with Crippen LogP contribution in [0.25, 0.3) is 33.4 Å². The molecule has 1 saturated carbocycles. The van der Waals surface area contributed by atoms with Gasteiger partial charge in [-0.15, -0.1) is 0 Å². The number of aryl methyl sites for hydroxylation is 1. The molecule has 7 heteroatoms. The zero-order valence-electron chi connectivity index (χ0n) is 19.6. The van der Waals surface area contributed by atoms with Crippen molar-refractivity contribution in [3.8, 4) is 22.5 Å². The molecule has 0 bridgehead atoms. The first-order valence-electron chi connectivity index (χ1n) is 12.2. The van der Waals surface area contributed by atoms with Gasteiger partial charge in [0.15, 0.2) is 0 Å². The lowest BCUT2D eigenvalue weighted by atomic mass is 10.0. The molecule has 1 aliphatic carbocycles. The summed E-state index contributed by atoms with van der Waals surface area (Å²) in [6.07, 6.45) is 4.69. The summed E-state index contributed by atoms with van der Waals surface area (Å²) < 4.78 is 17.1. The van der Waals surface area contributed by atoms with Crippen LogP contribution >= 0.6 is 0 Å². The number of carbonyl (C=O) groups excluding carboxylic acids is 1. The third-order valence-corrected chi connectivity index (χ3v) is 7.20. The second-order valence-electron chi connectivity index (χ2n) is 9.86. The molecule has 2 aromatic heterocycles. The SMILES string of the molecule is Cc1cc(=O)n(C[C@@H]2CCN(C(=O)C3CC3)C2)c(-c2ccc(-c3ccc4[nH]ccc4c3)cc2F)n1. The van der Waals surface area contributed by atoms with Crippen LogP contribution in [0.15, 0.2) is 59.5 Å². The van der Waals surface area contributed by atoms with Crippen molar-refractivity contribution in [2.24, 2.45) is 11.8 Å². The van der Waals surface area contributed by atoms with Crippen LogP contribution in [0.4, 0.5) is 4.39 Å². The first-order chi connectivity index (χ1) is 17.0. The van der Waals surface area contributed by atoms with Gasteiger partial charge in [0.1, 0.15) is 11.6 Å². The lowest BCUT2D eigenvalue weighted by molar-refractivity contribution is -0.131. The number of aromatic nitrogens is 3. The van der Waals surface area contributed by atoms with Crippen LogP contribution in [0.3, 0.4) is 0 Å². The molecule has 3 heterocycles. The van der Waals surface area contributed by atoms with Crippen LogP contribution in [-0.4, -0.2) is 38.4 Å². The molecule has 1 saturated heterocycles. The summed E-state index contributed by atoms with van der Waals surface area (Å²) in [6.45, 7) is 3.52. The Kier molecular flexibility index (Phi) is 5.28. The number of aromatic amines is 1. The molecule has 35 heavy (non-hydrogen) atoms. The Labute approximate surface area is 202 Å². The predicted octanol–water partition coefficient (Wildman–Crippen LogP) is 4.76. The maximum atomic E-state index is 15.5. The fraction of sp³-hybridized carbons (Fsp3) is 0.321.